The maximum Gasteiger partial charge on any atom is 0.286 e. The fourth-order valence-electron chi connectivity index (χ4n) is 4.11. The number of rotatable bonds is 6. The highest BCUT2D eigenvalue weighted by atomic mass is 35.5. The van der Waals surface area contributed by atoms with Crippen LogP contribution in [0, 0.1) is 10.1 Å². The van der Waals surface area contributed by atoms with Crippen LogP contribution in [0.4, 0.5) is 11.4 Å². The molecule has 5 rings (SSSR count). The summed E-state index contributed by atoms with van der Waals surface area (Å²) >= 11 is 7.51. The largest absolute Gasteiger partial charge is 0.488 e. The summed E-state index contributed by atoms with van der Waals surface area (Å²) in [5.41, 5.74) is 2.70. The molecule has 10 heteroatoms. The molecule has 0 saturated carbocycles. The number of piperazine rings is 1. The smallest absolute Gasteiger partial charge is 0.286 e. The first-order valence-corrected chi connectivity index (χ1v) is 12.9. The van der Waals surface area contributed by atoms with E-state index in [-0.39, 0.29) is 18.2 Å². The van der Waals surface area contributed by atoms with Crippen LogP contribution in [0.5, 0.6) is 5.75 Å². The van der Waals surface area contributed by atoms with Crippen molar-refractivity contribution >= 4 is 51.9 Å². The number of benzene rings is 3. The van der Waals surface area contributed by atoms with Gasteiger partial charge in [0.05, 0.1) is 9.83 Å². The van der Waals surface area contributed by atoms with Crippen molar-refractivity contribution in [1.29, 1.82) is 0 Å². The summed E-state index contributed by atoms with van der Waals surface area (Å²) in [4.78, 5) is 32.4. The van der Waals surface area contributed by atoms with Gasteiger partial charge in [0.2, 0.25) is 0 Å². The molecule has 3 aromatic rings. The lowest BCUT2D eigenvalue weighted by atomic mass is 10.1. The van der Waals surface area contributed by atoms with Gasteiger partial charge in [0.25, 0.3) is 11.6 Å². The maximum absolute atomic E-state index is 12.7. The minimum atomic E-state index is -0.433. The van der Waals surface area contributed by atoms with Gasteiger partial charge in [0, 0.05) is 54.6 Å². The van der Waals surface area contributed by atoms with Crippen molar-refractivity contribution in [2.24, 2.45) is 4.99 Å². The maximum atomic E-state index is 12.7. The van der Waals surface area contributed by atoms with Crippen molar-refractivity contribution in [3.63, 3.8) is 0 Å². The molecule has 37 heavy (non-hydrogen) atoms. The van der Waals surface area contributed by atoms with Crippen LogP contribution in [0.2, 0.25) is 5.02 Å². The Bertz CT molecular complexity index is 1390. The molecule has 0 bridgehead atoms. The normalized spacial score (nSPS) is 16.7. The third-order valence-electron chi connectivity index (χ3n) is 6.08. The molecule has 2 aliphatic rings. The van der Waals surface area contributed by atoms with Crippen molar-refractivity contribution in [2.45, 2.75) is 6.61 Å². The van der Waals surface area contributed by atoms with Gasteiger partial charge < -0.3 is 14.5 Å². The van der Waals surface area contributed by atoms with Crippen LogP contribution in [0.1, 0.15) is 11.1 Å². The van der Waals surface area contributed by atoms with E-state index in [9.17, 15) is 14.9 Å². The molecule has 0 N–H and O–H groups in total. The SMILES string of the molecule is O=C1N=C(N2CCN(c3cccc(Cl)c3)CC2)SC1=Cc1ccccc1OCc1ccc([N+](=O)[O-])cc1. The second kappa shape index (κ2) is 11.1. The van der Waals surface area contributed by atoms with Crippen molar-refractivity contribution in [3.05, 3.63) is 104 Å². The predicted octanol–water partition coefficient (Wildman–Crippen LogP) is 5.62. The van der Waals surface area contributed by atoms with Crippen LogP contribution >= 0.6 is 23.4 Å². The summed E-state index contributed by atoms with van der Waals surface area (Å²) in [6, 6.07) is 21.5. The van der Waals surface area contributed by atoms with E-state index < -0.39 is 4.92 Å². The quantitative estimate of drug-likeness (QED) is 0.230. The summed E-state index contributed by atoms with van der Waals surface area (Å²) in [5.74, 6) is 0.354. The van der Waals surface area contributed by atoms with Crippen molar-refractivity contribution in [3.8, 4) is 5.75 Å². The van der Waals surface area contributed by atoms with Gasteiger partial charge in [-0.3, -0.25) is 14.9 Å². The summed E-state index contributed by atoms with van der Waals surface area (Å²) in [6.07, 6.45) is 1.80. The molecule has 2 heterocycles. The third kappa shape index (κ3) is 5.95. The zero-order chi connectivity index (χ0) is 25.8. The van der Waals surface area contributed by atoms with Gasteiger partial charge in [-0.15, -0.1) is 0 Å². The number of nitro benzene ring substituents is 1. The first-order chi connectivity index (χ1) is 18.0. The number of ether oxygens (including phenoxy) is 1. The number of carbonyl (C=O) groups excluding carboxylic acids is 1. The predicted molar refractivity (Wildman–Crippen MR) is 147 cm³/mol. The molecule has 1 saturated heterocycles. The van der Waals surface area contributed by atoms with Gasteiger partial charge in [-0.2, -0.15) is 4.99 Å². The molecular formula is C27H23ClN4O4S. The van der Waals surface area contributed by atoms with Crippen LogP contribution in [0.15, 0.2) is 82.7 Å². The Hall–Kier alpha value is -3.82. The molecule has 0 spiro atoms. The van der Waals surface area contributed by atoms with E-state index in [1.165, 1.54) is 23.9 Å². The van der Waals surface area contributed by atoms with E-state index in [0.29, 0.717) is 20.8 Å². The summed E-state index contributed by atoms with van der Waals surface area (Å²) in [6.45, 7) is 3.39. The van der Waals surface area contributed by atoms with Crippen LogP contribution in [0.3, 0.4) is 0 Å². The first-order valence-electron chi connectivity index (χ1n) is 11.7. The van der Waals surface area contributed by atoms with Crippen LogP contribution in [-0.2, 0) is 11.4 Å². The lowest BCUT2D eigenvalue weighted by Crippen LogP contribution is -2.47. The molecule has 3 aromatic carbocycles. The third-order valence-corrected chi connectivity index (χ3v) is 7.36. The highest BCUT2D eigenvalue weighted by Crippen LogP contribution is 2.33. The molecule has 0 atom stereocenters. The van der Waals surface area contributed by atoms with Crippen LogP contribution < -0.4 is 9.64 Å². The molecule has 188 valence electrons. The molecule has 0 unspecified atom stereocenters. The number of carbonyl (C=O) groups is 1. The van der Waals surface area contributed by atoms with E-state index in [1.54, 1.807) is 18.2 Å². The molecule has 0 aromatic heterocycles. The fraction of sp³-hybridized carbons (Fsp3) is 0.185. The summed E-state index contributed by atoms with van der Waals surface area (Å²) in [7, 11) is 0. The minimum absolute atomic E-state index is 0.0346. The second-order valence-corrected chi connectivity index (χ2v) is 9.96. The van der Waals surface area contributed by atoms with Gasteiger partial charge in [-0.05, 0) is 59.8 Å². The molecule has 0 aliphatic carbocycles. The van der Waals surface area contributed by atoms with E-state index >= 15 is 0 Å². The highest BCUT2D eigenvalue weighted by molar-refractivity contribution is 8.18. The number of amidine groups is 1. The Kier molecular flexibility index (Phi) is 7.43. The van der Waals surface area contributed by atoms with E-state index in [0.717, 1.165) is 43.0 Å². The molecule has 1 fully saturated rings. The van der Waals surface area contributed by atoms with E-state index in [1.807, 2.05) is 42.5 Å². The molecule has 0 radical (unpaired) electrons. The van der Waals surface area contributed by atoms with E-state index in [4.69, 9.17) is 16.3 Å². The van der Waals surface area contributed by atoms with Gasteiger partial charge in [-0.1, -0.05) is 35.9 Å². The summed E-state index contributed by atoms with van der Waals surface area (Å²) < 4.78 is 5.98. The van der Waals surface area contributed by atoms with Gasteiger partial charge in [0.1, 0.15) is 12.4 Å². The molecule has 1 amide bonds. The number of hydrogen-bond donors (Lipinski definition) is 0. The van der Waals surface area contributed by atoms with Gasteiger partial charge in [-0.25, -0.2) is 0 Å². The second-order valence-electron chi connectivity index (χ2n) is 8.51. The number of aliphatic imine (C=N–C) groups is 1. The number of amides is 1. The monoisotopic (exact) mass is 534 g/mol. The standard InChI is InChI=1S/C27H23ClN4O4S/c28-21-5-3-6-23(17-21)30-12-14-31(15-13-30)27-29-26(33)25(37-27)16-20-4-1-2-7-24(20)36-18-19-8-10-22(11-9-19)32(34)35/h1-11,16-17H,12-15,18H2. The lowest BCUT2D eigenvalue weighted by molar-refractivity contribution is -0.384. The van der Waals surface area contributed by atoms with Crippen molar-refractivity contribution in [1.82, 2.24) is 4.90 Å². The molecule has 8 nitrogen and oxygen atoms in total. The Morgan fingerprint density at radius 2 is 1.73 bits per heavy atom. The topological polar surface area (TPSA) is 88.3 Å². The zero-order valence-electron chi connectivity index (χ0n) is 19.7. The van der Waals surface area contributed by atoms with Gasteiger partial charge >= 0.3 is 0 Å². The number of hydrogen-bond acceptors (Lipinski definition) is 7. The number of nitrogens with zero attached hydrogens (tertiary/aromatic N) is 4. The molecule has 2 aliphatic heterocycles. The number of non-ortho nitro benzene ring substituents is 1. The Morgan fingerprint density at radius 1 is 1.00 bits per heavy atom. The highest BCUT2D eigenvalue weighted by Gasteiger charge is 2.29. The van der Waals surface area contributed by atoms with Crippen LogP contribution in [0.25, 0.3) is 6.08 Å². The van der Waals surface area contributed by atoms with Gasteiger partial charge in [0.15, 0.2) is 5.17 Å². The van der Waals surface area contributed by atoms with Crippen molar-refractivity contribution in [2.75, 3.05) is 31.1 Å². The number of thioether (sulfide) groups is 1. The number of para-hydroxylation sites is 1. The number of halogens is 1. The molecular weight excluding hydrogens is 512 g/mol. The lowest BCUT2D eigenvalue weighted by Gasteiger charge is -2.36. The van der Waals surface area contributed by atoms with Crippen molar-refractivity contribution < 1.29 is 14.5 Å². The Morgan fingerprint density at radius 3 is 2.46 bits per heavy atom. The fourth-order valence-corrected chi connectivity index (χ4v) is 5.25. The van der Waals surface area contributed by atoms with E-state index in [2.05, 4.69) is 20.9 Å². The summed E-state index contributed by atoms with van der Waals surface area (Å²) in [5, 5.41) is 12.3. The average Bonchev–Trinajstić information content (AvgIpc) is 3.28. The number of nitro groups is 1. The first kappa shape index (κ1) is 24.9. The Balaban J connectivity index is 1.22. The number of anilines is 1. The minimum Gasteiger partial charge on any atom is -0.488 e. The average molecular weight is 535 g/mol. The van der Waals surface area contributed by atoms with Crippen LogP contribution in [-0.4, -0.2) is 47.1 Å². The Labute approximate surface area is 223 Å². The zero-order valence-corrected chi connectivity index (χ0v) is 21.3.